The molecule has 2 atom stereocenters. The van der Waals surface area contributed by atoms with Gasteiger partial charge in [-0.15, -0.1) is 0 Å². The smallest absolute Gasteiger partial charge is 0.213 e. The molecule has 0 saturated carbocycles. The average Bonchev–Trinajstić information content (AvgIpc) is 3.52. The standard InChI is InChI=1S/C35H38NO2P/c1-23(2)32-33(24(3)4)38-35(37-32)21-20-28-25(5)22-30(36-34(28)35)29-18-12-13-19-31(29)39(26-14-8-6-9-15-26)27-16-10-7-11-17-27/h6-19,22-24,32-33H,20-21H2,1-5H3/t32-,33-/m0/s1. The monoisotopic (exact) mass is 535 g/mol. The molecule has 1 aromatic heterocycles. The van der Waals surface area contributed by atoms with E-state index < -0.39 is 13.7 Å². The Morgan fingerprint density at radius 2 is 1.31 bits per heavy atom. The Balaban J connectivity index is 1.49. The summed E-state index contributed by atoms with van der Waals surface area (Å²) in [7, 11) is -0.759. The van der Waals surface area contributed by atoms with E-state index in [4.69, 9.17) is 14.5 Å². The summed E-state index contributed by atoms with van der Waals surface area (Å²) in [5, 5.41) is 3.99. The lowest BCUT2D eigenvalue weighted by molar-refractivity contribution is -0.190. The van der Waals surface area contributed by atoms with E-state index in [1.54, 1.807) is 0 Å². The molecule has 1 fully saturated rings. The van der Waals surface area contributed by atoms with Gasteiger partial charge in [-0.1, -0.05) is 113 Å². The van der Waals surface area contributed by atoms with Crippen LogP contribution in [0.25, 0.3) is 11.3 Å². The summed E-state index contributed by atoms with van der Waals surface area (Å²) in [6, 6.07) is 32.9. The Kier molecular flexibility index (Phi) is 7.18. The summed E-state index contributed by atoms with van der Waals surface area (Å²) in [5.41, 5.74) is 5.74. The predicted octanol–water partition coefficient (Wildman–Crippen LogP) is 7.01. The summed E-state index contributed by atoms with van der Waals surface area (Å²) in [6.45, 7) is 11.2. The van der Waals surface area contributed by atoms with Crippen LogP contribution in [0.2, 0.25) is 0 Å². The van der Waals surface area contributed by atoms with Crippen molar-refractivity contribution in [2.75, 3.05) is 0 Å². The fourth-order valence-electron chi connectivity index (χ4n) is 6.20. The minimum Gasteiger partial charge on any atom is -0.338 e. The third-order valence-corrected chi connectivity index (χ3v) is 10.7. The Morgan fingerprint density at radius 1 is 0.769 bits per heavy atom. The van der Waals surface area contributed by atoms with Crippen molar-refractivity contribution in [2.45, 2.75) is 65.5 Å². The zero-order valence-corrected chi connectivity index (χ0v) is 24.5. The third kappa shape index (κ3) is 4.76. The van der Waals surface area contributed by atoms with E-state index in [9.17, 15) is 0 Å². The minimum atomic E-state index is -0.759. The molecule has 0 amide bonds. The molecule has 1 spiro atoms. The Morgan fingerprint density at radius 3 is 1.87 bits per heavy atom. The van der Waals surface area contributed by atoms with Gasteiger partial charge in [-0.3, -0.25) is 0 Å². The first-order valence-electron chi connectivity index (χ1n) is 14.2. The topological polar surface area (TPSA) is 31.4 Å². The predicted molar refractivity (Wildman–Crippen MR) is 163 cm³/mol. The van der Waals surface area contributed by atoms with Gasteiger partial charge in [0.25, 0.3) is 0 Å². The molecular formula is C35H38NO2P. The van der Waals surface area contributed by atoms with Crippen LogP contribution in [0.4, 0.5) is 0 Å². The quantitative estimate of drug-likeness (QED) is 0.249. The van der Waals surface area contributed by atoms with Crippen LogP contribution in [0, 0.1) is 18.8 Å². The van der Waals surface area contributed by atoms with Crippen LogP contribution in [0.1, 0.15) is 50.9 Å². The van der Waals surface area contributed by atoms with E-state index >= 15 is 0 Å². The van der Waals surface area contributed by atoms with Gasteiger partial charge in [-0.25, -0.2) is 4.98 Å². The summed E-state index contributed by atoms with van der Waals surface area (Å²) in [4.78, 5) is 5.40. The van der Waals surface area contributed by atoms with Crippen molar-refractivity contribution < 1.29 is 9.47 Å². The second-order valence-electron chi connectivity index (χ2n) is 11.6. The van der Waals surface area contributed by atoms with E-state index in [1.807, 2.05) is 0 Å². The molecule has 0 bridgehead atoms. The number of benzene rings is 3. The summed E-state index contributed by atoms with van der Waals surface area (Å²) in [6.07, 6.45) is 1.90. The molecule has 4 heteroatoms. The summed E-state index contributed by atoms with van der Waals surface area (Å²) < 4.78 is 13.7. The number of aryl methyl sites for hydroxylation is 1. The van der Waals surface area contributed by atoms with Crippen LogP contribution >= 0.6 is 7.92 Å². The first-order valence-corrected chi connectivity index (χ1v) is 15.6. The van der Waals surface area contributed by atoms with Gasteiger partial charge < -0.3 is 9.47 Å². The summed E-state index contributed by atoms with van der Waals surface area (Å²) in [5.74, 6) is 0.00989. The third-order valence-electron chi connectivity index (χ3n) is 8.15. The van der Waals surface area contributed by atoms with Crippen LogP contribution in [0.5, 0.6) is 0 Å². The maximum Gasteiger partial charge on any atom is 0.213 e. The van der Waals surface area contributed by atoms with E-state index in [-0.39, 0.29) is 12.2 Å². The first kappa shape index (κ1) is 26.4. The van der Waals surface area contributed by atoms with Crippen molar-refractivity contribution in [1.82, 2.24) is 4.98 Å². The van der Waals surface area contributed by atoms with E-state index in [2.05, 4.69) is 126 Å². The zero-order chi connectivity index (χ0) is 27.1. The highest BCUT2D eigenvalue weighted by Gasteiger charge is 2.55. The highest BCUT2D eigenvalue weighted by Crippen LogP contribution is 2.50. The van der Waals surface area contributed by atoms with Crippen LogP contribution in [0.3, 0.4) is 0 Å². The number of aromatic nitrogens is 1. The van der Waals surface area contributed by atoms with E-state index in [0.717, 1.165) is 24.2 Å². The number of hydrogen-bond acceptors (Lipinski definition) is 3. The van der Waals surface area contributed by atoms with Crippen LogP contribution < -0.4 is 15.9 Å². The second kappa shape index (κ2) is 10.6. The van der Waals surface area contributed by atoms with Crippen molar-refractivity contribution in [3.8, 4) is 11.3 Å². The molecule has 2 aliphatic rings. The van der Waals surface area contributed by atoms with Gasteiger partial charge in [0, 0.05) is 12.0 Å². The molecule has 2 heterocycles. The fourth-order valence-corrected chi connectivity index (χ4v) is 8.66. The van der Waals surface area contributed by atoms with Crippen molar-refractivity contribution in [3.63, 3.8) is 0 Å². The van der Waals surface area contributed by atoms with Gasteiger partial charge in [0.15, 0.2) is 0 Å². The number of hydrogen-bond donors (Lipinski definition) is 0. The first-order chi connectivity index (χ1) is 18.9. The number of nitrogens with zero attached hydrogens (tertiary/aromatic N) is 1. The molecule has 4 aromatic rings. The van der Waals surface area contributed by atoms with Crippen LogP contribution in [-0.2, 0) is 21.7 Å². The lowest BCUT2D eigenvalue weighted by Gasteiger charge is -2.26. The van der Waals surface area contributed by atoms with E-state index in [1.165, 1.54) is 32.6 Å². The molecule has 6 rings (SSSR count). The van der Waals surface area contributed by atoms with Crippen molar-refractivity contribution in [3.05, 3.63) is 108 Å². The molecule has 1 aliphatic heterocycles. The largest absolute Gasteiger partial charge is 0.338 e. The minimum absolute atomic E-state index is 0.0676. The zero-order valence-electron chi connectivity index (χ0n) is 23.6. The molecule has 39 heavy (non-hydrogen) atoms. The van der Waals surface area contributed by atoms with Crippen molar-refractivity contribution in [2.24, 2.45) is 11.8 Å². The molecule has 0 unspecified atom stereocenters. The molecule has 3 aromatic carbocycles. The molecule has 0 radical (unpaired) electrons. The maximum atomic E-state index is 6.85. The van der Waals surface area contributed by atoms with Gasteiger partial charge in [0.05, 0.1) is 17.9 Å². The van der Waals surface area contributed by atoms with Gasteiger partial charge in [-0.05, 0) is 66.2 Å². The molecule has 1 saturated heterocycles. The molecule has 0 N–H and O–H groups in total. The lowest BCUT2D eigenvalue weighted by atomic mass is 9.94. The normalized spacial score (nSPS) is 19.9. The number of ether oxygens (including phenoxy) is 2. The highest BCUT2D eigenvalue weighted by molar-refractivity contribution is 7.80. The highest BCUT2D eigenvalue weighted by atomic mass is 31.1. The van der Waals surface area contributed by atoms with E-state index in [0.29, 0.717) is 11.8 Å². The van der Waals surface area contributed by atoms with Crippen LogP contribution in [-0.4, -0.2) is 17.2 Å². The van der Waals surface area contributed by atoms with Gasteiger partial charge in [-0.2, -0.15) is 0 Å². The Bertz CT molecular complexity index is 1390. The molecule has 3 nitrogen and oxygen atoms in total. The Hall–Kier alpha value is -2.84. The fraction of sp³-hybridized carbons (Fsp3) is 0.343. The van der Waals surface area contributed by atoms with Gasteiger partial charge in [0.1, 0.15) is 5.69 Å². The van der Waals surface area contributed by atoms with Crippen LogP contribution in [0.15, 0.2) is 91.0 Å². The van der Waals surface area contributed by atoms with Crippen molar-refractivity contribution >= 4 is 23.8 Å². The molecule has 1 aliphatic carbocycles. The van der Waals surface area contributed by atoms with Crippen molar-refractivity contribution in [1.29, 1.82) is 0 Å². The summed E-state index contributed by atoms with van der Waals surface area (Å²) >= 11 is 0. The SMILES string of the molecule is Cc1cc(-c2ccccc2P(c2ccccc2)c2ccccc2)nc2c1CCC21O[C@@H](C(C)C)[C@H](C(C)C)O1. The lowest BCUT2D eigenvalue weighted by Crippen LogP contribution is -2.31. The number of fused-ring (bicyclic) bond motifs is 2. The second-order valence-corrected chi connectivity index (χ2v) is 13.8. The number of rotatable bonds is 6. The van der Waals surface area contributed by atoms with Gasteiger partial charge >= 0.3 is 0 Å². The van der Waals surface area contributed by atoms with Gasteiger partial charge in [0.2, 0.25) is 5.79 Å². The Labute approximate surface area is 234 Å². The average molecular weight is 536 g/mol. The molecular weight excluding hydrogens is 497 g/mol. The molecule has 200 valence electrons. The maximum absolute atomic E-state index is 6.85. The number of pyridine rings is 1.